The molecule has 2 aromatic carbocycles. The molecular weight excluding hydrogens is 346 g/mol. The Labute approximate surface area is 136 Å². The van der Waals surface area contributed by atoms with Gasteiger partial charge in [-0.2, -0.15) is 0 Å². The van der Waals surface area contributed by atoms with Crippen LogP contribution in [0.4, 0.5) is 5.69 Å². The molecule has 0 unspecified atom stereocenters. The van der Waals surface area contributed by atoms with Crippen molar-refractivity contribution in [1.82, 2.24) is 0 Å². The molecular formula is C17H14BrNOS. The fourth-order valence-electron chi connectivity index (χ4n) is 2.18. The van der Waals surface area contributed by atoms with Crippen LogP contribution in [-0.4, -0.2) is 5.11 Å². The minimum absolute atomic E-state index is 0.290. The van der Waals surface area contributed by atoms with E-state index in [9.17, 15) is 5.11 Å². The molecule has 0 amide bonds. The summed E-state index contributed by atoms with van der Waals surface area (Å²) in [6, 6.07) is 18.1. The molecule has 106 valence electrons. The molecule has 0 radical (unpaired) electrons. The predicted molar refractivity (Wildman–Crippen MR) is 92.9 cm³/mol. The number of para-hydroxylation sites is 2. The molecule has 0 spiro atoms. The van der Waals surface area contributed by atoms with E-state index in [1.807, 2.05) is 30.3 Å². The maximum Gasteiger partial charge on any atom is 0.134 e. The highest BCUT2D eigenvalue weighted by Gasteiger charge is 2.08. The number of aromatic hydroxyl groups is 1. The number of halogens is 1. The minimum atomic E-state index is 0.290. The van der Waals surface area contributed by atoms with Crippen molar-refractivity contribution in [1.29, 1.82) is 0 Å². The van der Waals surface area contributed by atoms with E-state index < -0.39 is 0 Å². The summed E-state index contributed by atoms with van der Waals surface area (Å²) in [6.45, 7) is 0.577. The zero-order valence-corrected chi connectivity index (χ0v) is 13.6. The van der Waals surface area contributed by atoms with Crippen molar-refractivity contribution < 1.29 is 5.11 Å². The van der Waals surface area contributed by atoms with Gasteiger partial charge in [-0.25, -0.2) is 0 Å². The van der Waals surface area contributed by atoms with Gasteiger partial charge in [-0.05, 0) is 39.5 Å². The number of hydrogen-bond acceptors (Lipinski definition) is 3. The van der Waals surface area contributed by atoms with Gasteiger partial charge in [0.25, 0.3) is 0 Å². The fraction of sp³-hybridized carbons (Fsp3) is 0.0588. The van der Waals surface area contributed by atoms with E-state index in [0.717, 1.165) is 11.3 Å². The van der Waals surface area contributed by atoms with E-state index in [0.29, 0.717) is 16.8 Å². The van der Waals surface area contributed by atoms with Gasteiger partial charge < -0.3 is 10.4 Å². The average molecular weight is 360 g/mol. The maximum absolute atomic E-state index is 10.0. The summed E-state index contributed by atoms with van der Waals surface area (Å²) in [6.07, 6.45) is 0. The lowest BCUT2D eigenvalue weighted by Crippen LogP contribution is -2.01. The number of phenols is 1. The smallest absolute Gasteiger partial charge is 0.134 e. The molecule has 4 heteroatoms. The third-order valence-electron chi connectivity index (χ3n) is 3.25. The van der Waals surface area contributed by atoms with Gasteiger partial charge in [-0.3, -0.25) is 0 Å². The van der Waals surface area contributed by atoms with Gasteiger partial charge in [-0.1, -0.05) is 36.4 Å². The van der Waals surface area contributed by atoms with Crippen molar-refractivity contribution in [2.75, 3.05) is 5.32 Å². The molecule has 0 saturated heterocycles. The standard InChI is InChI=1S/C17H14BrNOS/c18-14-7-3-5-12(17(14)20)11-19-15-8-2-1-6-13(15)16-9-4-10-21-16/h1-10,19-20H,11H2. The van der Waals surface area contributed by atoms with Crippen LogP contribution in [0.1, 0.15) is 5.56 Å². The predicted octanol–water partition coefficient (Wildman–Crippen LogP) is 5.50. The molecule has 1 aromatic heterocycles. The van der Waals surface area contributed by atoms with Crippen LogP contribution >= 0.6 is 27.3 Å². The number of nitrogens with one attached hydrogen (secondary N) is 1. The van der Waals surface area contributed by atoms with E-state index in [2.05, 4.69) is 50.9 Å². The minimum Gasteiger partial charge on any atom is -0.506 e. The van der Waals surface area contributed by atoms with Crippen LogP contribution in [-0.2, 0) is 6.54 Å². The summed E-state index contributed by atoms with van der Waals surface area (Å²) >= 11 is 5.06. The lowest BCUT2D eigenvalue weighted by molar-refractivity contribution is 0.465. The Bertz CT molecular complexity index is 740. The number of phenolic OH excluding ortho intramolecular Hbond substituents is 1. The third-order valence-corrected chi connectivity index (χ3v) is 4.80. The van der Waals surface area contributed by atoms with Crippen molar-refractivity contribution in [3.8, 4) is 16.2 Å². The zero-order valence-electron chi connectivity index (χ0n) is 11.2. The van der Waals surface area contributed by atoms with Crippen molar-refractivity contribution in [3.63, 3.8) is 0 Å². The molecule has 3 aromatic rings. The first-order valence-electron chi connectivity index (χ1n) is 6.59. The highest BCUT2D eigenvalue weighted by atomic mass is 79.9. The third kappa shape index (κ3) is 3.12. The van der Waals surface area contributed by atoms with Crippen molar-refractivity contribution in [3.05, 3.63) is 70.0 Å². The van der Waals surface area contributed by atoms with Crippen molar-refractivity contribution in [2.45, 2.75) is 6.54 Å². The molecule has 0 saturated carbocycles. The molecule has 0 aliphatic carbocycles. The Hall–Kier alpha value is -1.78. The molecule has 1 heterocycles. The SMILES string of the molecule is Oc1c(Br)cccc1CNc1ccccc1-c1cccs1. The molecule has 2 N–H and O–H groups in total. The van der Waals surface area contributed by atoms with Gasteiger partial charge in [0.2, 0.25) is 0 Å². The van der Waals surface area contributed by atoms with Crippen LogP contribution in [0.25, 0.3) is 10.4 Å². The number of hydrogen-bond donors (Lipinski definition) is 2. The first kappa shape index (κ1) is 14.2. The highest BCUT2D eigenvalue weighted by Crippen LogP contribution is 2.33. The van der Waals surface area contributed by atoms with Crippen LogP contribution in [0.5, 0.6) is 5.75 Å². The lowest BCUT2D eigenvalue weighted by atomic mass is 10.1. The highest BCUT2D eigenvalue weighted by molar-refractivity contribution is 9.10. The number of benzene rings is 2. The van der Waals surface area contributed by atoms with E-state index in [-0.39, 0.29) is 0 Å². The van der Waals surface area contributed by atoms with Crippen LogP contribution in [0, 0.1) is 0 Å². The van der Waals surface area contributed by atoms with Gasteiger partial charge in [0.15, 0.2) is 0 Å². The largest absolute Gasteiger partial charge is 0.506 e. The van der Waals surface area contributed by atoms with Crippen molar-refractivity contribution in [2.24, 2.45) is 0 Å². The van der Waals surface area contributed by atoms with E-state index in [1.54, 1.807) is 11.3 Å². The van der Waals surface area contributed by atoms with Crippen LogP contribution in [0.15, 0.2) is 64.5 Å². The van der Waals surface area contributed by atoms with E-state index in [1.165, 1.54) is 10.4 Å². The van der Waals surface area contributed by atoms with Gasteiger partial charge in [-0.15, -0.1) is 11.3 Å². The fourth-order valence-corrected chi connectivity index (χ4v) is 3.35. The Morgan fingerprint density at radius 3 is 2.67 bits per heavy atom. The Balaban J connectivity index is 1.85. The second kappa shape index (κ2) is 6.33. The summed E-state index contributed by atoms with van der Waals surface area (Å²) in [7, 11) is 0. The summed E-state index contributed by atoms with van der Waals surface area (Å²) in [4.78, 5) is 1.23. The molecule has 0 atom stereocenters. The first-order chi connectivity index (χ1) is 10.3. The van der Waals surface area contributed by atoms with E-state index >= 15 is 0 Å². The molecule has 2 nitrogen and oxygen atoms in total. The number of thiophene rings is 1. The first-order valence-corrected chi connectivity index (χ1v) is 8.26. The molecule has 0 aliphatic rings. The van der Waals surface area contributed by atoms with Gasteiger partial charge in [0, 0.05) is 28.2 Å². The van der Waals surface area contributed by atoms with Crippen LogP contribution in [0.3, 0.4) is 0 Å². The number of rotatable bonds is 4. The van der Waals surface area contributed by atoms with E-state index in [4.69, 9.17) is 0 Å². The molecule has 0 aliphatic heterocycles. The molecule has 3 rings (SSSR count). The topological polar surface area (TPSA) is 32.3 Å². The monoisotopic (exact) mass is 359 g/mol. The summed E-state index contributed by atoms with van der Waals surface area (Å²) < 4.78 is 0.716. The Morgan fingerprint density at radius 2 is 1.86 bits per heavy atom. The maximum atomic E-state index is 10.0. The molecule has 0 fully saturated rings. The van der Waals surface area contributed by atoms with Gasteiger partial charge in [0.1, 0.15) is 5.75 Å². The van der Waals surface area contributed by atoms with Crippen molar-refractivity contribution >= 4 is 33.0 Å². The number of anilines is 1. The summed E-state index contributed by atoms with van der Waals surface area (Å²) in [5, 5.41) is 15.5. The van der Waals surface area contributed by atoms with Gasteiger partial charge >= 0.3 is 0 Å². The Kier molecular flexibility index (Phi) is 4.27. The van der Waals surface area contributed by atoms with Gasteiger partial charge in [0.05, 0.1) is 4.47 Å². The molecule has 21 heavy (non-hydrogen) atoms. The lowest BCUT2D eigenvalue weighted by Gasteiger charge is -2.12. The second-order valence-corrected chi connectivity index (χ2v) is 6.43. The second-order valence-electron chi connectivity index (χ2n) is 4.62. The zero-order chi connectivity index (χ0) is 14.7. The quantitative estimate of drug-likeness (QED) is 0.644. The summed E-state index contributed by atoms with van der Waals surface area (Å²) in [5.41, 5.74) is 3.12. The average Bonchev–Trinajstić information content (AvgIpc) is 3.03. The summed E-state index contributed by atoms with van der Waals surface area (Å²) in [5.74, 6) is 0.290. The van der Waals surface area contributed by atoms with Crippen LogP contribution in [0.2, 0.25) is 0 Å². The normalized spacial score (nSPS) is 10.5. The molecule has 0 bridgehead atoms. The van der Waals surface area contributed by atoms with Crippen LogP contribution < -0.4 is 5.32 Å². The Morgan fingerprint density at radius 1 is 1.00 bits per heavy atom.